The number of amides is 1. The van der Waals surface area contributed by atoms with Crippen molar-refractivity contribution in [1.82, 2.24) is 25.3 Å². The summed E-state index contributed by atoms with van der Waals surface area (Å²) in [6.45, 7) is 1.69. The molecule has 2 aromatic heterocycles. The third-order valence-electron chi connectivity index (χ3n) is 3.70. The molecule has 0 saturated carbocycles. The van der Waals surface area contributed by atoms with Gasteiger partial charge in [0.2, 0.25) is 0 Å². The van der Waals surface area contributed by atoms with Crippen LogP contribution in [0.2, 0.25) is 0 Å². The lowest BCUT2D eigenvalue weighted by molar-refractivity contribution is 0.0940. The van der Waals surface area contributed by atoms with E-state index in [9.17, 15) is 18.0 Å². The molecule has 0 unspecified atom stereocenters. The van der Waals surface area contributed by atoms with Gasteiger partial charge >= 0.3 is 0 Å². The van der Waals surface area contributed by atoms with E-state index in [1.165, 1.54) is 23.0 Å². The van der Waals surface area contributed by atoms with E-state index < -0.39 is 9.84 Å². The molecule has 10 heteroatoms. The Morgan fingerprint density at radius 3 is 2.83 bits per heavy atom. The first kappa shape index (κ1) is 15.4. The summed E-state index contributed by atoms with van der Waals surface area (Å²) in [5.74, 6) is 0.0649. The monoisotopic (exact) mass is 337 g/mol. The number of hydrogen-bond acceptors (Lipinski definition) is 6. The molecule has 1 saturated heterocycles. The number of nitrogens with one attached hydrogen (secondary N) is 2. The number of H-pyrrole nitrogens is 1. The summed E-state index contributed by atoms with van der Waals surface area (Å²) in [6.07, 6.45) is 1.81. The summed E-state index contributed by atoms with van der Waals surface area (Å²) in [7, 11) is -3.05. The van der Waals surface area contributed by atoms with Crippen molar-refractivity contribution in [3.63, 3.8) is 0 Å². The second-order valence-electron chi connectivity index (χ2n) is 5.41. The normalized spacial score (nSPS) is 19.6. The summed E-state index contributed by atoms with van der Waals surface area (Å²) >= 11 is 0. The zero-order chi connectivity index (χ0) is 16.6. The van der Waals surface area contributed by atoms with E-state index in [2.05, 4.69) is 20.6 Å². The fraction of sp³-hybridized carbons (Fsp3) is 0.385. The van der Waals surface area contributed by atoms with Crippen molar-refractivity contribution < 1.29 is 13.2 Å². The molecule has 2 N–H and O–H groups in total. The SMILES string of the molecule is Cc1c(C(=O)N[C@@H]2CCS(=O)(=O)C2)cnn1-c1ccc(=O)[nH]n1. The topological polar surface area (TPSA) is 127 Å². The van der Waals surface area contributed by atoms with Crippen LogP contribution in [0, 0.1) is 6.92 Å². The van der Waals surface area contributed by atoms with Crippen LogP contribution in [0.3, 0.4) is 0 Å². The highest BCUT2D eigenvalue weighted by Crippen LogP contribution is 2.15. The highest BCUT2D eigenvalue weighted by molar-refractivity contribution is 7.91. The molecule has 1 aliphatic rings. The summed E-state index contributed by atoms with van der Waals surface area (Å²) in [4.78, 5) is 23.3. The minimum atomic E-state index is -3.05. The Balaban J connectivity index is 1.80. The van der Waals surface area contributed by atoms with Gasteiger partial charge in [0.15, 0.2) is 15.7 Å². The fourth-order valence-electron chi connectivity index (χ4n) is 2.49. The van der Waals surface area contributed by atoms with Crippen LogP contribution in [0.1, 0.15) is 22.5 Å². The quantitative estimate of drug-likeness (QED) is 0.753. The average Bonchev–Trinajstić information content (AvgIpc) is 3.02. The van der Waals surface area contributed by atoms with Gasteiger partial charge in [0.25, 0.3) is 11.5 Å². The summed E-state index contributed by atoms with van der Waals surface area (Å²) in [5.41, 5.74) is 0.546. The van der Waals surface area contributed by atoms with Crippen LogP contribution in [-0.2, 0) is 9.84 Å². The Hall–Kier alpha value is -2.49. The Morgan fingerprint density at radius 2 is 2.22 bits per heavy atom. The van der Waals surface area contributed by atoms with Gasteiger partial charge in [-0.15, -0.1) is 0 Å². The molecule has 1 atom stereocenters. The van der Waals surface area contributed by atoms with E-state index in [0.717, 1.165) is 0 Å². The zero-order valence-electron chi connectivity index (χ0n) is 12.3. The predicted molar refractivity (Wildman–Crippen MR) is 81.2 cm³/mol. The van der Waals surface area contributed by atoms with Gasteiger partial charge in [-0.1, -0.05) is 0 Å². The Labute approximate surface area is 131 Å². The average molecular weight is 337 g/mol. The first-order valence-electron chi connectivity index (χ1n) is 6.98. The van der Waals surface area contributed by atoms with E-state index in [0.29, 0.717) is 23.5 Å². The third kappa shape index (κ3) is 3.16. The van der Waals surface area contributed by atoms with Crippen molar-refractivity contribution in [2.24, 2.45) is 0 Å². The number of sulfone groups is 1. The largest absolute Gasteiger partial charge is 0.348 e. The molecular weight excluding hydrogens is 322 g/mol. The molecule has 0 aromatic carbocycles. The van der Waals surface area contributed by atoms with Crippen LogP contribution >= 0.6 is 0 Å². The maximum atomic E-state index is 12.3. The summed E-state index contributed by atoms with van der Waals surface area (Å²) < 4.78 is 24.3. The molecule has 9 nitrogen and oxygen atoms in total. The second-order valence-corrected chi connectivity index (χ2v) is 7.64. The molecule has 0 aliphatic carbocycles. The third-order valence-corrected chi connectivity index (χ3v) is 5.47. The molecule has 3 heterocycles. The van der Waals surface area contributed by atoms with Crippen LogP contribution in [0.15, 0.2) is 23.1 Å². The Kier molecular flexibility index (Phi) is 3.76. The molecule has 1 fully saturated rings. The van der Waals surface area contributed by atoms with Crippen LogP contribution < -0.4 is 10.9 Å². The highest BCUT2D eigenvalue weighted by atomic mass is 32.2. The van der Waals surface area contributed by atoms with Gasteiger partial charge in [-0.3, -0.25) is 9.59 Å². The van der Waals surface area contributed by atoms with Crippen LogP contribution in [0.5, 0.6) is 0 Å². The number of nitrogens with zero attached hydrogens (tertiary/aromatic N) is 3. The van der Waals surface area contributed by atoms with Gasteiger partial charge in [-0.25, -0.2) is 18.2 Å². The molecule has 2 aromatic rings. The lowest BCUT2D eigenvalue weighted by Crippen LogP contribution is -2.35. The van der Waals surface area contributed by atoms with Gasteiger partial charge in [-0.2, -0.15) is 10.2 Å². The van der Waals surface area contributed by atoms with Crippen molar-refractivity contribution in [1.29, 1.82) is 0 Å². The molecule has 122 valence electrons. The minimum absolute atomic E-state index is 0.0343. The molecule has 0 spiro atoms. The highest BCUT2D eigenvalue weighted by Gasteiger charge is 2.29. The van der Waals surface area contributed by atoms with E-state index in [4.69, 9.17) is 0 Å². The second kappa shape index (κ2) is 5.61. The van der Waals surface area contributed by atoms with Crippen LogP contribution in [0.25, 0.3) is 5.82 Å². The molecule has 23 heavy (non-hydrogen) atoms. The van der Waals surface area contributed by atoms with Gasteiger partial charge in [0.1, 0.15) is 0 Å². The molecular formula is C13H15N5O4S. The Morgan fingerprint density at radius 1 is 1.43 bits per heavy atom. The lowest BCUT2D eigenvalue weighted by atomic mass is 10.2. The first-order valence-corrected chi connectivity index (χ1v) is 8.80. The zero-order valence-corrected chi connectivity index (χ0v) is 13.1. The molecule has 3 rings (SSSR count). The first-order chi connectivity index (χ1) is 10.9. The van der Waals surface area contributed by atoms with Gasteiger partial charge in [0.05, 0.1) is 29.0 Å². The Bertz CT molecular complexity index is 894. The molecule has 0 radical (unpaired) electrons. The molecule has 1 aliphatic heterocycles. The van der Waals surface area contributed by atoms with Crippen LogP contribution in [-0.4, -0.2) is 51.9 Å². The molecule has 1 amide bonds. The number of aromatic nitrogens is 4. The van der Waals surface area contributed by atoms with E-state index in [1.807, 2.05) is 0 Å². The van der Waals surface area contributed by atoms with E-state index >= 15 is 0 Å². The van der Waals surface area contributed by atoms with Gasteiger partial charge in [-0.05, 0) is 19.4 Å². The molecule has 0 bridgehead atoms. The lowest BCUT2D eigenvalue weighted by Gasteiger charge is -2.10. The standard InChI is InChI=1S/C13H15N5O4S/c1-8-10(13(20)15-9-4-5-23(21,22)7-9)6-14-18(8)11-2-3-12(19)17-16-11/h2-3,6,9H,4-5,7H2,1H3,(H,15,20)(H,17,19)/t9-/m1/s1. The van der Waals surface area contributed by atoms with E-state index in [-0.39, 0.29) is 29.0 Å². The van der Waals surface area contributed by atoms with Crippen molar-refractivity contribution in [3.8, 4) is 5.82 Å². The van der Waals surface area contributed by atoms with Gasteiger partial charge < -0.3 is 5.32 Å². The number of carbonyl (C=O) groups is 1. The van der Waals surface area contributed by atoms with Crippen molar-refractivity contribution >= 4 is 15.7 Å². The van der Waals surface area contributed by atoms with Crippen molar-refractivity contribution in [2.45, 2.75) is 19.4 Å². The van der Waals surface area contributed by atoms with Gasteiger partial charge in [0, 0.05) is 12.1 Å². The van der Waals surface area contributed by atoms with E-state index in [1.54, 1.807) is 6.92 Å². The van der Waals surface area contributed by atoms with Crippen molar-refractivity contribution in [3.05, 3.63) is 39.9 Å². The van der Waals surface area contributed by atoms with Crippen LogP contribution in [0.4, 0.5) is 0 Å². The predicted octanol–water partition coefficient (Wildman–Crippen LogP) is -0.819. The summed E-state index contributed by atoms with van der Waals surface area (Å²) in [5, 5.41) is 13.0. The minimum Gasteiger partial charge on any atom is -0.348 e. The maximum absolute atomic E-state index is 12.3. The number of aromatic amines is 1. The number of carbonyl (C=O) groups excluding carboxylic acids is 1. The maximum Gasteiger partial charge on any atom is 0.264 e. The smallest absolute Gasteiger partial charge is 0.264 e. The summed E-state index contributed by atoms with van der Waals surface area (Å²) in [6, 6.07) is 2.43. The fourth-order valence-corrected chi connectivity index (χ4v) is 4.16. The van der Waals surface area contributed by atoms with Crippen molar-refractivity contribution in [2.75, 3.05) is 11.5 Å². The number of hydrogen-bond donors (Lipinski definition) is 2. The number of rotatable bonds is 3.